The Kier molecular flexibility index (Phi) is 3.33. The number of aryl methyl sites for hydroxylation is 1. The number of aromatic nitrogens is 2. The van der Waals surface area contributed by atoms with Crippen LogP contribution in [0.3, 0.4) is 0 Å². The first kappa shape index (κ1) is 10.8. The van der Waals surface area contributed by atoms with Gasteiger partial charge in [-0.25, -0.2) is 15.8 Å². The van der Waals surface area contributed by atoms with Crippen molar-refractivity contribution in [2.75, 3.05) is 10.7 Å². The number of anilines is 2. The van der Waals surface area contributed by atoms with Gasteiger partial charge in [-0.2, -0.15) is 0 Å². The molecule has 0 aliphatic carbocycles. The van der Waals surface area contributed by atoms with Gasteiger partial charge in [-0.1, -0.05) is 6.07 Å². The van der Waals surface area contributed by atoms with Crippen LogP contribution < -0.4 is 16.6 Å². The van der Waals surface area contributed by atoms with Gasteiger partial charge in [0.1, 0.15) is 17.5 Å². The summed E-state index contributed by atoms with van der Waals surface area (Å²) in [5, 5.41) is 5.28. The normalized spacial score (nSPS) is 10.1. The van der Waals surface area contributed by atoms with Crippen LogP contribution in [-0.4, -0.2) is 9.97 Å². The number of nitrogens with one attached hydrogen (secondary N) is 2. The van der Waals surface area contributed by atoms with Crippen molar-refractivity contribution in [3.05, 3.63) is 34.3 Å². The highest BCUT2D eigenvalue weighted by Gasteiger charge is 2.00. The number of hydrogen-bond acceptors (Lipinski definition) is 6. The second-order valence-electron chi connectivity index (χ2n) is 3.26. The summed E-state index contributed by atoms with van der Waals surface area (Å²) < 4.78 is 0. The van der Waals surface area contributed by atoms with Crippen LogP contribution in [-0.2, 0) is 6.54 Å². The molecular formula is C10H13N5S. The van der Waals surface area contributed by atoms with Crippen molar-refractivity contribution in [2.24, 2.45) is 5.84 Å². The molecule has 0 unspecified atom stereocenters. The zero-order valence-electron chi connectivity index (χ0n) is 8.90. The molecule has 0 spiro atoms. The Morgan fingerprint density at radius 2 is 2.19 bits per heavy atom. The molecule has 16 heavy (non-hydrogen) atoms. The molecule has 5 nitrogen and oxygen atoms in total. The first-order valence-electron chi connectivity index (χ1n) is 4.86. The van der Waals surface area contributed by atoms with Crippen LogP contribution in [0.15, 0.2) is 23.6 Å². The number of rotatable bonds is 4. The lowest BCUT2D eigenvalue weighted by molar-refractivity contribution is 1.02. The van der Waals surface area contributed by atoms with Gasteiger partial charge in [-0.15, -0.1) is 11.3 Å². The van der Waals surface area contributed by atoms with Crippen LogP contribution in [0, 0.1) is 6.92 Å². The third kappa shape index (κ3) is 2.68. The molecule has 2 aromatic heterocycles. The number of nitrogens with zero attached hydrogens (tertiary/aromatic N) is 2. The van der Waals surface area contributed by atoms with Crippen molar-refractivity contribution < 1.29 is 0 Å². The van der Waals surface area contributed by atoms with E-state index in [1.54, 1.807) is 17.4 Å². The van der Waals surface area contributed by atoms with Crippen molar-refractivity contribution in [3.8, 4) is 0 Å². The largest absolute Gasteiger partial charge is 0.365 e. The number of hydrazine groups is 1. The summed E-state index contributed by atoms with van der Waals surface area (Å²) in [6.45, 7) is 2.59. The Morgan fingerprint density at radius 3 is 2.88 bits per heavy atom. The zero-order valence-corrected chi connectivity index (χ0v) is 9.71. The van der Waals surface area contributed by atoms with E-state index < -0.39 is 0 Å². The second-order valence-corrected chi connectivity index (χ2v) is 4.30. The maximum absolute atomic E-state index is 5.31. The Morgan fingerprint density at radius 1 is 1.38 bits per heavy atom. The maximum Gasteiger partial charge on any atom is 0.145 e. The Labute approximate surface area is 97.7 Å². The van der Waals surface area contributed by atoms with Gasteiger partial charge in [0.15, 0.2) is 0 Å². The lowest BCUT2D eigenvalue weighted by Crippen LogP contribution is -2.11. The molecule has 0 saturated heterocycles. The fourth-order valence-electron chi connectivity index (χ4n) is 1.32. The molecule has 0 radical (unpaired) electrons. The minimum Gasteiger partial charge on any atom is -0.365 e. The van der Waals surface area contributed by atoms with Crippen molar-refractivity contribution in [3.63, 3.8) is 0 Å². The third-order valence-corrected chi connectivity index (χ3v) is 2.89. The SMILES string of the molecule is Cc1nc(NN)cc(NCc2cccs2)n1. The van der Waals surface area contributed by atoms with Crippen molar-refractivity contribution in [1.29, 1.82) is 0 Å². The molecule has 0 fully saturated rings. The molecule has 0 aliphatic heterocycles. The van der Waals surface area contributed by atoms with Gasteiger partial charge < -0.3 is 10.7 Å². The molecule has 0 saturated carbocycles. The van der Waals surface area contributed by atoms with E-state index in [1.165, 1.54) is 4.88 Å². The van der Waals surface area contributed by atoms with Crippen molar-refractivity contribution >= 4 is 23.0 Å². The highest BCUT2D eigenvalue weighted by atomic mass is 32.1. The molecule has 0 atom stereocenters. The average molecular weight is 235 g/mol. The first-order valence-corrected chi connectivity index (χ1v) is 5.74. The monoisotopic (exact) mass is 235 g/mol. The van der Waals surface area contributed by atoms with Crippen LogP contribution in [0.2, 0.25) is 0 Å². The molecule has 0 aliphatic rings. The zero-order chi connectivity index (χ0) is 11.4. The van der Waals surface area contributed by atoms with E-state index >= 15 is 0 Å². The molecule has 0 amide bonds. The van der Waals surface area contributed by atoms with Crippen LogP contribution >= 0.6 is 11.3 Å². The van der Waals surface area contributed by atoms with E-state index in [0.29, 0.717) is 11.6 Å². The fourth-order valence-corrected chi connectivity index (χ4v) is 1.97. The predicted octanol–water partition coefficient (Wildman–Crippen LogP) is 1.74. The Hall–Kier alpha value is -1.66. The lowest BCUT2D eigenvalue weighted by atomic mass is 10.4. The molecule has 84 valence electrons. The van der Waals surface area contributed by atoms with Gasteiger partial charge in [0.2, 0.25) is 0 Å². The van der Waals surface area contributed by atoms with Gasteiger partial charge in [0, 0.05) is 10.9 Å². The number of nitrogens with two attached hydrogens (primary N) is 1. The van der Waals surface area contributed by atoms with Crippen molar-refractivity contribution in [1.82, 2.24) is 9.97 Å². The van der Waals surface area contributed by atoms with Crippen LogP contribution in [0.5, 0.6) is 0 Å². The highest BCUT2D eigenvalue weighted by Crippen LogP contribution is 2.13. The van der Waals surface area contributed by atoms with Gasteiger partial charge in [0.05, 0.1) is 6.54 Å². The van der Waals surface area contributed by atoms with E-state index in [1.807, 2.05) is 13.0 Å². The summed E-state index contributed by atoms with van der Waals surface area (Å²) in [4.78, 5) is 9.64. The number of nitrogen functional groups attached to an aromatic ring is 1. The van der Waals surface area contributed by atoms with Crippen LogP contribution in [0.25, 0.3) is 0 Å². The molecule has 2 rings (SSSR count). The van der Waals surface area contributed by atoms with Gasteiger partial charge in [0.25, 0.3) is 0 Å². The van der Waals surface area contributed by atoms with E-state index in [4.69, 9.17) is 5.84 Å². The van der Waals surface area contributed by atoms with Gasteiger partial charge in [-0.05, 0) is 18.4 Å². The molecule has 4 N–H and O–H groups in total. The van der Waals surface area contributed by atoms with Gasteiger partial charge in [-0.3, -0.25) is 0 Å². The van der Waals surface area contributed by atoms with Gasteiger partial charge >= 0.3 is 0 Å². The molecule has 2 aromatic rings. The molecule has 2 heterocycles. The third-order valence-electron chi connectivity index (χ3n) is 2.01. The predicted molar refractivity (Wildman–Crippen MR) is 66.2 cm³/mol. The maximum atomic E-state index is 5.31. The van der Waals surface area contributed by atoms with E-state index in [-0.39, 0.29) is 0 Å². The smallest absolute Gasteiger partial charge is 0.145 e. The highest BCUT2D eigenvalue weighted by molar-refractivity contribution is 7.09. The number of thiophene rings is 1. The van der Waals surface area contributed by atoms with E-state index in [9.17, 15) is 0 Å². The first-order chi connectivity index (χ1) is 7.78. The minimum absolute atomic E-state index is 0.612. The summed E-state index contributed by atoms with van der Waals surface area (Å²) in [5.41, 5.74) is 2.51. The average Bonchev–Trinajstić information content (AvgIpc) is 2.78. The molecule has 0 aromatic carbocycles. The summed E-state index contributed by atoms with van der Waals surface area (Å²) >= 11 is 1.71. The fraction of sp³-hybridized carbons (Fsp3) is 0.200. The molecule has 6 heteroatoms. The minimum atomic E-state index is 0.612. The number of hydrogen-bond donors (Lipinski definition) is 3. The summed E-state index contributed by atoms with van der Waals surface area (Å²) in [6.07, 6.45) is 0. The Bertz CT molecular complexity index is 454. The van der Waals surface area contributed by atoms with Crippen LogP contribution in [0.1, 0.15) is 10.7 Å². The standard InChI is InChI=1S/C10H13N5S/c1-7-13-9(5-10(14-7)15-11)12-6-8-3-2-4-16-8/h2-5H,6,11H2,1H3,(H2,12,13,14,15). The lowest BCUT2D eigenvalue weighted by Gasteiger charge is -2.07. The molecule has 0 bridgehead atoms. The van der Waals surface area contributed by atoms with E-state index in [0.717, 1.165) is 12.4 Å². The Balaban J connectivity index is 2.06. The molecular weight excluding hydrogens is 222 g/mol. The van der Waals surface area contributed by atoms with Crippen LogP contribution in [0.4, 0.5) is 11.6 Å². The second kappa shape index (κ2) is 4.91. The summed E-state index contributed by atoms with van der Waals surface area (Å²) in [6, 6.07) is 5.88. The summed E-state index contributed by atoms with van der Waals surface area (Å²) in [7, 11) is 0. The topological polar surface area (TPSA) is 75.9 Å². The summed E-state index contributed by atoms with van der Waals surface area (Å²) in [5.74, 6) is 7.38. The van der Waals surface area contributed by atoms with E-state index in [2.05, 4.69) is 32.2 Å². The van der Waals surface area contributed by atoms with Crippen molar-refractivity contribution in [2.45, 2.75) is 13.5 Å². The quantitative estimate of drug-likeness (QED) is 0.556.